The van der Waals surface area contributed by atoms with Crippen LogP contribution in [0, 0.1) is 12.8 Å². The molecule has 0 aliphatic heterocycles. The van der Waals surface area contributed by atoms with Gasteiger partial charge in [-0.25, -0.2) is 9.59 Å². The van der Waals surface area contributed by atoms with Crippen molar-refractivity contribution in [3.63, 3.8) is 0 Å². The lowest BCUT2D eigenvalue weighted by Crippen LogP contribution is -2.42. The van der Waals surface area contributed by atoms with E-state index in [1.807, 2.05) is 0 Å². The first kappa shape index (κ1) is 27.1. The Kier molecular flexibility index (Phi) is 9.41. The molecule has 0 radical (unpaired) electrons. The van der Waals surface area contributed by atoms with Gasteiger partial charge in [-0.1, -0.05) is 55.8 Å². The third-order valence-corrected chi connectivity index (χ3v) is 6.69. The number of hydrogen-bond donors (Lipinski definition) is 4. The summed E-state index contributed by atoms with van der Waals surface area (Å²) in [6.07, 6.45) is 5.53. The van der Waals surface area contributed by atoms with Crippen LogP contribution in [0.15, 0.2) is 30.3 Å². The maximum atomic E-state index is 13.3. The van der Waals surface area contributed by atoms with Crippen molar-refractivity contribution in [1.82, 2.24) is 5.32 Å². The van der Waals surface area contributed by atoms with Crippen LogP contribution in [-0.2, 0) is 4.79 Å². The molecule has 4 N–H and O–H groups in total. The molecule has 3 amide bonds. The number of aliphatic carboxylic acids is 1. The van der Waals surface area contributed by atoms with Gasteiger partial charge in [0.25, 0.3) is 5.91 Å². The van der Waals surface area contributed by atoms with E-state index in [-0.39, 0.29) is 28.7 Å². The van der Waals surface area contributed by atoms with Gasteiger partial charge >= 0.3 is 12.0 Å². The average molecular weight is 518 g/mol. The predicted molar refractivity (Wildman–Crippen MR) is 138 cm³/mol. The average Bonchev–Trinajstić information content (AvgIpc) is 2.86. The number of urea groups is 1. The van der Waals surface area contributed by atoms with Crippen molar-refractivity contribution in [2.24, 2.45) is 5.92 Å². The SMILES string of the molecule is COc1cc(NC(=O)Nc2c(C)cccc2Cl)c(C(=O)N[C@@H](CC2CCCCC2)C(=O)O)cc1OC. The molecule has 9 nitrogen and oxygen atoms in total. The molecule has 0 heterocycles. The molecule has 3 rings (SSSR count). The van der Waals surface area contributed by atoms with Gasteiger partial charge in [0, 0.05) is 6.07 Å². The van der Waals surface area contributed by atoms with Gasteiger partial charge in [0.05, 0.1) is 36.2 Å². The molecule has 10 heteroatoms. The Balaban J connectivity index is 1.86. The summed E-state index contributed by atoms with van der Waals surface area (Å²) < 4.78 is 10.6. The topological polar surface area (TPSA) is 126 Å². The van der Waals surface area contributed by atoms with E-state index in [9.17, 15) is 19.5 Å². The van der Waals surface area contributed by atoms with Crippen molar-refractivity contribution in [2.45, 2.75) is 51.5 Å². The fourth-order valence-corrected chi connectivity index (χ4v) is 4.71. The third kappa shape index (κ3) is 6.81. The van der Waals surface area contributed by atoms with E-state index < -0.39 is 23.9 Å². The van der Waals surface area contributed by atoms with Gasteiger partial charge in [-0.05, 0) is 37.0 Å². The minimum atomic E-state index is -1.10. The molecule has 36 heavy (non-hydrogen) atoms. The number of benzene rings is 2. The Hall–Kier alpha value is -3.46. The number of carbonyl (C=O) groups is 3. The first-order valence-electron chi connectivity index (χ1n) is 11.9. The van der Waals surface area contributed by atoms with Crippen molar-refractivity contribution in [1.29, 1.82) is 0 Å². The second-order valence-corrected chi connectivity index (χ2v) is 9.27. The molecule has 0 bridgehead atoms. The van der Waals surface area contributed by atoms with Crippen LogP contribution in [-0.4, -0.2) is 43.3 Å². The highest BCUT2D eigenvalue weighted by atomic mass is 35.5. The second kappa shape index (κ2) is 12.5. The van der Waals surface area contributed by atoms with Crippen molar-refractivity contribution < 1.29 is 29.0 Å². The Labute approximate surface area is 215 Å². The molecule has 0 saturated heterocycles. The maximum absolute atomic E-state index is 13.3. The van der Waals surface area contributed by atoms with Crippen molar-refractivity contribution >= 4 is 40.9 Å². The van der Waals surface area contributed by atoms with E-state index in [0.29, 0.717) is 17.1 Å². The number of para-hydroxylation sites is 1. The quantitative estimate of drug-likeness (QED) is 0.350. The second-order valence-electron chi connectivity index (χ2n) is 8.87. The molecule has 1 saturated carbocycles. The summed E-state index contributed by atoms with van der Waals surface area (Å²) in [7, 11) is 2.85. The van der Waals surface area contributed by atoms with Gasteiger partial charge in [0.15, 0.2) is 11.5 Å². The van der Waals surface area contributed by atoms with Crippen molar-refractivity contribution in [2.75, 3.05) is 24.9 Å². The van der Waals surface area contributed by atoms with Crippen LogP contribution in [0.25, 0.3) is 0 Å². The van der Waals surface area contributed by atoms with Crippen LogP contribution in [0.5, 0.6) is 11.5 Å². The highest BCUT2D eigenvalue weighted by Gasteiger charge is 2.28. The minimum absolute atomic E-state index is 0.0357. The number of halogens is 1. The number of carboxylic acid groups (broad SMARTS) is 1. The molecular weight excluding hydrogens is 486 g/mol. The van der Waals surface area contributed by atoms with Gasteiger partial charge in [0.1, 0.15) is 6.04 Å². The largest absolute Gasteiger partial charge is 0.493 e. The molecule has 0 aromatic heterocycles. The summed E-state index contributed by atoms with van der Waals surface area (Å²) in [5, 5.41) is 18.1. The van der Waals surface area contributed by atoms with Gasteiger partial charge in [-0.15, -0.1) is 0 Å². The minimum Gasteiger partial charge on any atom is -0.493 e. The van der Waals surface area contributed by atoms with E-state index in [1.165, 1.54) is 26.4 Å². The van der Waals surface area contributed by atoms with Crippen LogP contribution < -0.4 is 25.4 Å². The fourth-order valence-electron chi connectivity index (χ4n) is 4.44. The van der Waals surface area contributed by atoms with Crippen molar-refractivity contribution in [3.05, 3.63) is 46.5 Å². The van der Waals surface area contributed by atoms with Gasteiger partial charge in [0.2, 0.25) is 0 Å². The smallest absolute Gasteiger partial charge is 0.326 e. The number of amides is 3. The molecule has 1 aliphatic carbocycles. The zero-order chi connectivity index (χ0) is 26.2. The highest BCUT2D eigenvalue weighted by Crippen LogP contribution is 2.34. The number of carboxylic acids is 1. The van der Waals surface area contributed by atoms with E-state index in [1.54, 1.807) is 25.1 Å². The summed E-state index contributed by atoms with van der Waals surface area (Å²) in [5.41, 5.74) is 1.35. The summed E-state index contributed by atoms with van der Waals surface area (Å²) in [4.78, 5) is 38.0. The van der Waals surface area contributed by atoms with Crippen LogP contribution >= 0.6 is 11.6 Å². The Morgan fingerprint density at radius 3 is 2.33 bits per heavy atom. The third-order valence-electron chi connectivity index (χ3n) is 6.37. The molecule has 0 spiro atoms. The Bertz CT molecular complexity index is 1100. The molecule has 2 aromatic rings. The van der Waals surface area contributed by atoms with E-state index in [2.05, 4.69) is 16.0 Å². The standard InChI is InChI=1S/C26H32ClN3O6/c1-15-8-7-11-18(27)23(15)30-26(34)29-19-14-22(36-3)21(35-2)13-17(19)24(31)28-20(25(32)33)12-16-9-5-4-6-10-16/h7-8,11,13-14,16,20H,4-6,9-10,12H2,1-3H3,(H,28,31)(H,32,33)(H2,29,30,34)/t20-/m0/s1. The number of anilines is 2. The first-order valence-corrected chi connectivity index (χ1v) is 12.2. The number of carbonyl (C=O) groups excluding carboxylic acids is 2. The monoisotopic (exact) mass is 517 g/mol. The van der Waals surface area contributed by atoms with E-state index in [4.69, 9.17) is 21.1 Å². The van der Waals surface area contributed by atoms with E-state index in [0.717, 1.165) is 37.7 Å². The lowest BCUT2D eigenvalue weighted by Gasteiger charge is -2.25. The van der Waals surface area contributed by atoms with Gasteiger partial charge < -0.3 is 30.5 Å². The molecule has 1 fully saturated rings. The van der Waals surface area contributed by atoms with Gasteiger partial charge in [-0.2, -0.15) is 0 Å². The number of rotatable bonds is 9. The fraction of sp³-hybridized carbons (Fsp3) is 0.423. The van der Waals surface area contributed by atoms with E-state index >= 15 is 0 Å². The molecule has 2 aromatic carbocycles. The number of methoxy groups -OCH3 is 2. The number of aryl methyl sites for hydroxylation is 1. The lowest BCUT2D eigenvalue weighted by molar-refractivity contribution is -0.139. The zero-order valence-corrected chi connectivity index (χ0v) is 21.4. The van der Waals surface area contributed by atoms with Crippen LogP contribution in [0.3, 0.4) is 0 Å². The van der Waals surface area contributed by atoms with Crippen LogP contribution in [0.1, 0.15) is 54.4 Å². The summed E-state index contributed by atoms with van der Waals surface area (Å²) in [6, 6.07) is 6.38. The molecule has 0 unspecified atom stereocenters. The highest BCUT2D eigenvalue weighted by molar-refractivity contribution is 6.34. The van der Waals surface area contributed by atoms with Crippen molar-refractivity contribution in [3.8, 4) is 11.5 Å². The normalized spacial score (nSPS) is 14.4. The van der Waals surface area contributed by atoms with Crippen LogP contribution in [0.2, 0.25) is 5.02 Å². The molecule has 194 valence electrons. The first-order chi connectivity index (χ1) is 17.2. The zero-order valence-electron chi connectivity index (χ0n) is 20.7. The summed E-state index contributed by atoms with van der Waals surface area (Å²) >= 11 is 6.21. The number of ether oxygens (including phenoxy) is 2. The summed E-state index contributed by atoms with van der Waals surface area (Å²) in [5.74, 6) is -0.961. The predicted octanol–water partition coefficient (Wildman–Crippen LogP) is 5.46. The Morgan fingerprint density at radius 1 is 1.06 bits per heavy atom. The summed E-state index contributed by atoms with van der Waals surface area (Å²) in [6.45, 7) is 1.80. The number of hydrogen-bond acceptors (Lipinski definition) is 5. The lowest BCUT2D eigenvalue weighted by atomic mass is 9.85. The molecule has 1 aliphatic rings. The van der Waals surface area contributed by atoms with Gasteiger partial charge in [-0.3, -0.25) is 4.79 Å². The molecule has 1 atom stereocenters. The maximum Gasteiger partial charge on any atom is 0.326 e. The number of nitrogens with one attached hydrogen (secondary N) is 3. The van der Waals surface area contributed by atoms with Crippen LogP contribution in [0.4, 0.5) is 16.2 Å². The molecular formula is C26H32ClN3O6. The Morgan fingerprint density at radius 2 is 1.72 bits per heavy atom.